The zero-order valence-corrected chi connectivity index (χ0v) is 9.55. The normalized spacial score (nSPS) is 16.1. The van der Waals surface area contributed by atoms with Crippen molar-refractivity contribution in [2.24, 2.45) is 0 Å². The van der Waals surface area contributed by atoms with Gasteiger partial charge in [-0.3, -0.25) is 4.79 Å². The van der Waals surface area contributed by atoms with Crippen molar-refractivity contribution >= 4 is 29.1 Å². The van der Waals surface area contributed by atoms with Gasteiger partial charge in [-0.2, -0.15) is 0 Å². The molecule has 1 aliphatic heterocycles. The SMILES string of the molecule is O=C1CCCN1Cc1ccc(Cl)nc1Cl. The first-order valence-corrected chi connectivity index (χ1v) is 5.51. The highest BCUT2D eigenvalue weighted by atomic mass is 35.5. The number of hydrogen-bond acceptors (Lipinski definition) is 2. The zero-order valence-electron chi connectivity index (χ0n) is 8.04. The van der Waals surface area contributed by atoms with E-state index >= 15 is 0 Å². The highest BCUT2D eigenvalue weighted by Gasteiger charge is 2.20. The molecule has 0 aliphatic carbocycles. The Kier molecular flexibility index (Phi) is 3.12. The van der Waals surface area contributed by atoms with E-state index in [1.165, 1.54) is 0 Å². The van der Waals surface area contributed by atoms with E-state index in [0.717, 1.165) is 18.5 Å². The third kappa shape index (κ3) is 2.41. The van der Waals surface area contributed by atoms with Crippen LogP contribution in [0.4, 0.5) is 0 Å². The molecule has 0 N–H and O–H groups in total. The van der Waals surface area contributed by atoms with E-state index in [1.54, 1.807) is 11.0 Å². The number of pyridine rings is 1. The fourth-order valence-electron chi connectivity index (χ4n) is 1.64. The molecule has 0 aromatic carbocycles. The summed E-state index contributed by atoms with van der Waals surface area (Å²) in [6.07, 6.45) is 1.57. The number of rotatable bonds is 2. The highest BCUT2D eigenvalue weighted by molar-refractivity contribution is 6.32. The Morgan fingerprint density at radius 1 is 1.40 bits per heavy atom. The fraction of sp³-hybridized carbons (Fsp3) is 0.400. The van der Waals surface area contributed by atoms with Crippen LogP contribution in [0.1, 0.15) is 18.4 Å². The summed E-state index contributed by atoms with van der Waals surface area (Å²) < 4.78 is 0. The Balaban J connectivity index is 2.13. The van der Waals surface area contributed by atoms with E-state index < -0.39 is 0 Å². The minimum atomic E-state index is 0.181. The van der Waals surface area contributed by atoms with Crippen LogP contribution >= 0.6 is 23.2 Å². The number of hydrogen-bond donors (Lipinski definition) is 0. The first kappa shape index (κ1) is 10.7. The zero-order chi connectivity index (χ0) is 10.8. The maximum Gasteiger partial charge on any atom is 0.222 e. The summed E-state index contributed by atoms with van der Waals surface area (Å²) in [7, 11) is 0. The minimum Gasteiger partial charge on any atom is -0.338 e. The van der Waals surface area contributed by atoms with Gasteiger partial charge >= 0.3 is 0 Å². The van der Waals surface area contributed by atoms with Gasteiger partial charge in [-0.15, -0.1) is 0 Å². The summed E-state index contributed by atoms with van der Waals surface area (Å²) in [6, 6.07) is 3.49. The number of halogens is 2. The minimum absolute atomic E-state index is 0.181. The van der Waals surface area contributed by atoms with Gasteiger partial charge in [0.2, 0.25) is 5.91 Å². The number of carbonyl (C=O) groups is 1. The number of nitrogens with zero attached hydrogens (tertiary/aromatic N) is 2. The predicted molar refractivity (Wildman–Crippen MR) is 58.9 cm³/mol. The molecule has 0 unspecified atom stereocenters. The van der Waals surface area contributed by atoms with Crippen molar-refractivity contribution in [3.8, 4) is 0 Å². The summed E-state index contributed by atoms with van der Waals surface area (Å²) in [5.41, 5.74) is 0.844. The average Bonchev–Trinajstić information content (AvgIpc) is 2.57. The number of likely N-dealkylation sites (tertiary alicyclic amines) is 1. The molecule has 1 aromatic rings. The van der Waals surface area contributed by atoms with Crippen molar-refractivity contribution in [1.82, 2.24) is 9.88 Å². The third-order valence-corrected chi connectivity index (χ3v) is 2.96. The van der Waals surface area contributed by atoms with E-state index in [4.69, 9.17) is 23.2 Å². The Hall–Kier alpha value is -0.800. The van der Waals surface area contributed by atoms with Gasteiger partial charge in [-0.1, -0.05) is 29.3 Å². The Bertz CT molecular complexity index is 395. The number of carbonyl (C=O) groups excluding carboxylic acids is 1. The van der Waals surface area contributed by atoms with Gasteiger partial charge in [0.1, 0.15) is 10.3 Å². The summed E-state index contributed by atoms with van der Waals surface area (Å²) in [5.74, 6) is 0.181. The molecule has 2 rings (SSSR count). The van der Waals surface area contributed by atoms with E-state index in [2.05, 4.69) is 4.98 Å². The molecular formula is C10H10Cl2N2O. The number of aromatic nitrogens is 1. The Morgan fingerprint density at radius 2 is 2.20 bits per heavy atom. The van der Waals surface area contributed by atoms with Gasteiger partial charge in [0, 0.05) is 25.1 Å². The summed E-state index contributed by atoms with van der Waals surface area (Å²) in [5, 5.41) is 0.749. The van der Waals surface area contributed by atoms with E-state index in [-0.39, 0.29) is 5.91 Å². The largest absolute Gasteiger partial charge is 0.338 e. The third-order valence-electron chi connectivity index (χ3n) is 2.42. The Labute approximate surface area is 98.0 Å². The van der Waals surface area contributed by atoms with Crippen LogP contribution in [0.5, 0.6) is 0 Å². The highest BCUT2D eigenvalue weighted by Crippen LogP contribution is 2.20. The van der Waals surface area contributed by atoms with E-state index in [9.17, 15) is 4.79 Å². The Morgan fingerprint density at radius 3 is 2.80 bits per heavy atom. The van der Waals surface area contributed by atoms with Crippen LogP contribution in [0.15, 0.2) is 12.1 Å². The van der Waals surface area contributed by atoms with Gasteiger partial charge in [-0.25, -0.2) is 4.98 Å². The van der Waals surface area contributed by atoms with Gasteiger partial charge in [0.05, 0.1) is 0 Å². The molecule has 0 atom stereocenters. The van der Waals surface area contributed by atoms with Gasteiger partial charge in [0.25, 0.3) is 0 Å². The number of amides is 1. The van der Waals surface area contributed by atoms with Crippen LogP contribution in [0.3, 0.4) is 0 Å². The van der Waals surface area contributed by atoms with Crippen molar-refractivity contribution in [2.75, 3.05) is 6.54 Å². The topological polar surface area (TPSA) is 33.2 Å². The maximum atomic E-state index is 11.4. The van der Waals surface area contributed by atoms with Crippen LogP contribution in [0.25, 0.3) is 0 Å². The predicted octanol–water partition coefficient (Wildman–Crippen LogP) is 2.51. The lowest BCUT2D eigenvalue weighted by atomic mass is 10.2. The average molecular weight is 245 g/mol. The molecule has 5 heteroatoms. The fourth-order valence-corrected chi connectivity index (χ4v) is 2.04. The molecule has 3 nitrogen and oxygen atoms in total. The monoisotopic (exact) mass is 244 g/mol. The molecule has 1 aliphatic rings. The van der Waals surface area contributed by atoms with Crippen LogP contribution < -0.4 is 0 Å². The molecule has 0 saturated carbocycles. The van der Waals surface area contributed by atoms with E-state index in [0.29, 0.717) is 23.3 Å². The lowest BCUT2D eigenvalue weighted by molar-refractivity contribution is -0.128. The van der Waals surface area contributed by atoms with Crippen LogP contribution in [0.2, 0.25) is 10.3 Å². The van der Waals surface area contributed by atoms with Crippen molar-refractivity contribution < 1.29 is 4.79 Å². The second-order valence-corrected chi connectivity index (χ2v) is 4.25. The van der Waals surface area contributed by atoms with Gasteiger partial charge < -0.3 is 4.90 Å². The molecule has 1 saturated heterocycles. The molecule has 2 heterocycles. The molecule has 0 bridgehead atoms. The summed E-state index contributed by atoms with van der Waals surface area (Å²) in [6.45, 7) is 1.33. The molecule has 15 heavy (non-hydrogen) atoms. The van der Waals surface area contributed by atoms with Crippen LogP contribution in [0, 0.1) is 0 Å². The second-order valence-electron chi connectivity index (χ2n) is 3.50. The second kappa shape index (κ2) is 4.37. The standard InChI is InChI=1S/C10H10Cl2N2O/c11-8-4-3-7(10(12)13-8)6-14-5-1-2-9(14)15/h3-4H,1-2,5-6H2. The molecular weight excluding hydrogens is 235 g/mol. The first-order valence-electron chi connectivity index (χ1n) is 4.75. The lowest BCUT2D eigenvalue weighted by Crippen LogP contribution is -2.24. The molecule has 1 fully saturated rings. The van der Waals surface area contributed by atoms with Crippen molar-refractivity contribution in [3.63, 3.8) is 0 Å². The first-order chi connectivity index (χ1) is 7.16. The van der Waals surface area contributed by atoms with Gasteiger partial charge in [0.15, 0.2) is 0 Å². The molecule has 1 aromatic heterocycles. The van der Waals surface area contributed by atoms with Crippen molar-refractivity contribution in [3.05, 3.63) is 28.0 Å². The van der Waals surface area contributed by atoms with Crippen molar-refractivity contribution in [1.29, 1.82) is 0 Å². The molecule has 0 radical (unpaired) electrons. The summed E-state index contributed by atoms with van der Waals surface area (Å²) >= 11 is 11.6. The smallest absolute Gasteiger partial charge is 0.222 e. The van der Waals surface area contributed by atoms with Crippen molar-refractivity contribution in [2.45, 2.75) is 19.4 Å². The molecule has 1 amide bonds. The lowest BCUT2D eigenvalue weighted by Gasteiger charge is -2.15. The van der Waals surface area contributed by atoms with Crippen LogP contribution in [-0.2, 0) is 11.3 Å². The van der Waals surface area contributed by atoms with E-state index in [1.807, 2.05) is 6.07 Å². The molecule has 0 spiro atoms. The maximum absolute atomic E-state index is 11.4. The molecule has 80 valence electrons. The van der Waals surface area contributed by atoms with Crippen LogP contribution in [-0.4, -0.2) is 22.3 Å². The summed E-state index contributed by atoms with van der Waals surface area (Å²) in [4.78, 5) is 17.1. The quantitative estimate of drug-likeness (QED) is 0.750. The van der Waals surface area contributed by atoms with Gasteiger partial charge in [-0.05, 0) is 12.5 Å².